The molecule has 0 saturated carbocycles. The van der Waals surface area contributed by atoms with Crippen LogP contribution in [0.5, 0.6) is 5.75 Å². The second-order valence-corrected chi connectivity index (χ2v) is 4.64. The van der Waals surface area contributed by atoms with E-state index in [1.807, 2.05) is 31.2 Å². The lowest BCUT2D eigenvalue weighted by Crippen LogP contribution is -2.45. The van der Waals surface area contributed by atoms with Gasteiger partial charge in [-0.2, -0.15) is 0 Å². The number of methoxy groups -OCH3 is 1. The monoisotopic (exact) mass is 250 g/mol. The molecule has 1 aromatic rings. The zero-order valence-electron chi connectivity index (χ0n) is 9.74. The molecule has 1 saturated heterocycles. The molecule has 1 aliphatic heterocycles. The largest absolute Gasteiger partial charge is 0.496 e. The van der Waals surface area contributed by atoms with Crippen LogP contribution in [0.1, 0.15) is 12.5 Å². The Bertz CT molecular complexity index is 475. The van der Waals surface area contributed by atoms with E-state index < -0.39 is 5.54 Å². The maximum atomic E-state index is 11.8. The first-order chi connectivity index (χ1) is 8.05. The van der Waals surface area contributed by atoms with Gasteiger partial charge in [-0.3, -0.25) is 4.79 Å². The standard InChI is InChI=1S/C12H14N2O2S/c1-12(10(15)13-11(17)14-12)7-8-5-3-4-6-9(8)16-2/h3-6H,7H2,1-2H3,(H2,13,14,15,17). The fraction of sp³-hybridized carbons (Fsp3) is 0.333. The van der Waals surface area contributed by atoms with Gasteiger partial charge in [-0.15, -0.1) is 0 Å². The summed E-state index contributed by atoms with van der Waals surface area (Å²) in [6.07, 6.45) is 0.531. The van der Waals surface area contributed by atoms with Crippen molar-refractivity contribution in [1.82, 2.24) is 10.6 Å². The summed E-state index contributed by atoms with van der Waals surface area (Å²) in [6.45, 7) is 1.83. The molecule has 0 spiro atoms. The van der Waals surface area contributed by atoms with Crippen molar-refractivity contribution in [3.05, 3.63) is 29.8 Å². The first kappa shape index (κ1) is 11.9. The topological polar surface area (TPSA) is 50.4 Å². The van der Waals surface area contributed by atoms with Gasteiger partial charge < -0.3 is 15.4 Å². The van der Waals surface area contributed by atoms with Crippen LogP contribution < -0.4 is 15.4 Å². The Morgan fingerprint density at radius 1 is 1.41 bits per heavy atom. The molecule has 0 radical (unpaired) electrons. The van der Waals surface area contributed by atoms with Gasteiger partial charge in [0, 0.05) is 6.42 Å². The SMILES string of the molecule is COc1ccccc1CC1(C)NC(=S)NC1=O. The second-order valence-electron chi connectivity index (χ2n) is 4.23. The van der Waals surface area contributed by atoms with Gasteiger partial charge in [0.1, 0.15) is 11.3 Å². The number of carbonyl (C=O) groups excluding carboxylic acids is 1. The number of thiocarbonyl (C=S) groups is 1. The Balaban J connectivity index is 2.26. The summed E-state index contributed by atoms with van der Waals surface area (Å²) in [6, 6.07) is 7.65. The minimum absolute atomic E-state index is 0.103. The van der Waals surface area contributed by atoms with Gasteiger partial charge >= 0.3 is 0 Å². The highest BCUT2D eigenvalue weighted by molar-refractivity contribution is 7.80. The summed E-state index contributed by atoms with van der Waals surface area (Å²) in [4.78, 5) is 11.8. The van der Waals surface area contributed by atoms with E-state index in [1.54, 1.807) is 7.11 Å². The van der Waals surface area contributed by atoms with Crippen molar-refractivity contribution in [2.75, 3.05) is 7.11 Å². The van der Waals surface area contributed by atoms with Gasteiger partial charge in [-0.25, -0.2) is 0 Å². The number of nitrogens with one attached hydrogen (secondary N) is 2. The van der Waals surface area contributed by atoms with E-state index in [0.29, 0.717) is 11.5 Å². The molecule has 1 aromatic carbocycles. The molecule has 1 amide bonds. The third-order valence-electron chi connectivity index (χ3n) is 2.85. The number of hydrogen-bond donors (Lipinski definition) is 2. The molecule has 1 atom stereocenters. The molecular formula is C12H14N2O2S. The van der Waals surface area contributed by atoms with Crippen LogP contribution in [0, 0.1) is 0 Å². The Labute approximate surface area is 105 Å². The maximum Gasteiger partial charge on any atom is 0.251 e. The fourth-order valence-electron chi connectivity index (χ4n) is 1.93. The highest BCUT2D eigenvalue weighted by atomic mass is 32.1. The molecule has 1 unspecified atom stereocenters. The lowest BCUT2D eigenvalue weighted by molar-refractivity contribution is -0.123. The molecule has 0 bridgehead atoms. The summed E-state index contributed by atoms with van der Waals surface area (Å²) in [5, 5.41) is 5.98. The summed E-state index contributed by atoms with van der Waals surface area (Å²) in [5.74, 6) is 0.676. The predicted octanol–water partition coefficient (Wildman–Crippen LogP) is 1.00. The quantitative estimate of drug-likeness (QED) is 0.786. The molecule has 0 aromatic heterocycles. The smallest absolute Gasteiger partial charge is 0.251 e. The molecule has 2 N–H and O–H groups in total. The normalized spacial score (nSPS) is 23.2. The number of para-hydroxylation sites is 1. The summed E-state index contributed by atoms with van der Waals surface area (Å²) in [7, 11) is 1.62. The lowest BCUT2D eigenvalue weighted by atomic mass is 9.92. The minimum Gasteiger partial charge on any atom is -0.496 e. The van der Waals surface area contributed by atoms with Crippen LogP contribution >= 0.6 is 12.2 Å². The van der Waals surface area contributed by atoms with Crippen molar-refractivity contribution in [2.45, 2.75) is 18.9 Å². The van der Waals surface area contributed by atoms with Crippen LogP contribution in [0.25, 0.3) is 0 Å². The predicted molar refractivity (Wildman–Crippen MR) is 69.0 cm³/mol. The molecular weight excluding hydrogens is 236 g/mol. The van der Waals surface area contributed by atoms with E-state index in [-0.39, 0.29) is 5.91 Å². The molecule has 90 valence electrons. The Morgan fingerprint density at radius 3 is 2.71 bits per heavy atom. The highest BCUT2D eigenvalue weighted by Crippen LogP contribution is 2.24. The first-order valence-electron chi connectivity index (χ1n) is 5.31. The van der Waals surface area contributed by atoms with Crippen molar-refractivity contribution in [3.8, 4) is 5.75 Å². The molecule has 2 rings (SSSR count). The number of benzene rings is 1. The minimum atomic E-state index is -0.703. The third kappa shape index (κ3) is 2.24. The lowest BCUT2D eigenvalue weighted by Gasteiger charge is -2.22. The van der Waals surface area contributed by atoms with E-state index in [1.165, 1.54) is 0 Å². The average molecular weight is 250 g/mol. The van der Waals surface area contributed by atoms with Crippen molar-refractivity contribution in [2.24, 2.45) is 0 Å². The third-order valence-corrected chi connectivity index (χ3v) is 3.06. The van der Waals surface area contributed by atoms with E-state index in [2.05, 4.69) is 10.6 Å². The van der Waals surface area contributed by atoms with Crippen LogP contribution in [0.3, 0.4) is 0 Å². The summed E-state index contributed by atoms with van der Waals surface area (Å²) in [5.41, 5.74) is 0.274. The van der Waals surface area contributed by atoms with Crippen LogP contribution in [0.15, 0.2) is 24.3 Å². The van der Waals surface area contributed by atoms with Gasteiger partial charge in [0.25, 0.3) is 5.91 Å². The number of rotatable bonds is 3. The molecule has 4 nitrogen and oxygen atoms in total. The Morgan fingerprint density at radius 2 is 2.12 bits per heavy atom. The first-order valence-corrected chi connectivity index (χ1v) is 5.71. The van der Waals surface area contributed by atoms with Gasteiger partial charge in [-0.1, -0.05) is 18.2 Å². The van der Waals surface area contributed by atoms with Gasteiger partial charge in [0.05, 0.1) is 7.11 Å². The fourth-order valence-corrected chi connectivity index (χ4v) is 2.25. The van der Waals surface area contributed by atoms with Crippen LogP contribution in [0.2, 0.25) is 0 Å². The van der Waals surface area contributed by atoms with E-state index >= 15 is 0 Å². The van der Waals surface area contributed by atoms with Crippen LogP contribution in [-0.4, -0.2) is 23.7 Å². The molecule has 17 heavy (non-hydrogen) atoms. The second kappa shape index (κ2) is 4.33. The number of ether oxygens (including phenoxy) is 1. The number of amides is 1. The van der Waals surface area contributed by atoms with Gasteiger partial charge in [0.15, 0.2) is 5.11 Å². The van der Waals surface area contributed by atoms with Gasteiger partial charge in [-0.05, 0) is 30.8 Å². The Hall–Kier alpha value is -1.62. The van der Waals surface area contributed by atoms with Crippen molar-refractivity contribution < 1.29 is 9.53 Å². The van der Waals surface area contributed by atoms with Gasteiger partial charge in [0.2, 0.25) is 0 Å². The van der Waals surface area contributed by atoms with Crippen molar-refractivity contribution in [3.63, 3.8) is 0 Å². The van der Waals surface area contributed by atoms with Crippen molar-refractivity contribution in [1.29, 1.82) is 0 Å². The van der Waals surface area contributed by atoms with E-state index in [4.69, 9.17) is 17.0 Å². The molecule has 1 aliphatic rings. The summed E-state index contributed by atoms with van der Waals surface area (Å²) >= 11 is 4.95. The highest BCUT2D eigenvalue weighted by Gasteiger charge is 2.40. The number of hydrogen-bond acceptors (Lipinski definition) is 3. The molecule has 5 heteroatoms. The Kier molecular flexibility index (Phi) is 3.02. The maximum absolute atomic E-state index is 11.8. The number of carbonyl (C=O) groups is 1. The zero-order valence-corrected chi connectivity index (χ0v) is 10.6. The van der Waals surface area contributed by atoms with Crippen LogP contribution in [-0.2, 0) is 11.2 Å². The van der Waals surface area contributed by atoms with E-state index in [0.717, 1.165) is 11.3 Å². The average Bonchev–Trinajstić information content (AvgIpc) is 2.53. The molecule has 1 heterocycles. The van der Waals surface area contributed by atoms with Crippen molar-refractivity contribution >= 4 is 23.2 Å². The molecule has 1 fully saturated rings. The summed E-state index contributed by atoms with van der Waals surface area (Å²) < 4.78 is 5.27. The molecule has 0 aliphatic carbocycles. The van der Waals surface area contributed by atoms with E-state index in [9.17, 15) is 4.79 Å². The zero-order chi connectivity index (χ0) is 12.5. The van der Waals surface area contributed by atoms with Crippen LogP contribution in [0.4, 0.5) is 0 Å².